The van der Waals surface area contributed by atoms with Crippen LogP contribution >= 0.6 is 27.5 Å². The number of aliphatic carboxylic acids is 1. The van der Waals surface area contributed by atoms with Crippen molar-refractivity contribution in [3.8, 4) is 5.75 Å². The van der Waals surface area contributed by atoms with E-state index in [4.69, 9.17) is 16.3 Å². The Morgan fingerprint density at radius 1 is 1.33 bits per heavy atom. The largest absolute Gasteiger partial charge is 0.496 e. The molecule has 2 aromatic carbocycles. The minimum absolute atomic E-state index is 0.456. The highest BCUT2D eigenvalue weighted by Gasteiger charge is 2.24. The Labute approximate surface area is 135 Å². The molecule has 2 rings (SSSR count). The molecule has 4 nitrogen and oxygen atoms in total. The average molecular weight is 371 g/mol. The smallest absolute Gasteiger partial charge is 0.330 e. The third-order valence-electron chi connectivity index (χ3n) is 2.92. The van der Waals surface area contributed by atoms with Crippen molar-refractivity contribution >= 4 is 39.2 Å². The van der Waals surface area contributed by atoms with Gasteiger partial charge in [-0.15, -0.1) is 0 Å². The molecule has 0 aliphatic carbocycles. The fourth-order valence-electron chi connectivity index (χ4n) is 1.94. The zero-order valence-electron chi connectivity index (χ0n) is 11.1. The molecule has 0 aliphatic heterocycles. The molecule has 1 unspecified atom stereocenters. The Balaban J connectivity index is 2.43. The highest BCUT2D eigenvalue weighted by Crippen LogP contribution is 2.32. The van der Waals surface area contributed by atoms with Gasteiger partial charge in [0, 0.05) is 10.0 Å². The Kier molecular flexibility index (Phi) is 5.09. The number of anilines is 1. The van der Waals surface area contributed by atoms with Crippen LogP contribution in [0.15, 0.2) is 46.9 Å². The fourth-order valence-corrected chi connectivity index (χ4v) is 2.51. The van der Waals surface area contributed by atoms with Crippen LogP contribution in [0.4, 0.5) is 5.69 Å². The van der Waals surface area contributed by atoms with Gasteiger partial charge in [-0.3, -0.25) is 0 Å². The van der Waals surface area contributed by atoms with Gasteiger partial charge >= 0.3 is 5.97 Å². The highest BCUT2D eigenvalue weighted by molar-refractivity contribution is 9.10. The lowest BCUT2D eigenvalue weighted by atomic mass is 10.1. The molecule has 0 saturated carbocycles. The zero-order valence-corrected chi connectivity index (χ0v) is 13.5. The summed E-state index contributed by atoms with van der Waals surface area (Å²) in [5.74, 6) is -0.531. The van der Waals surface area contributed by atoms with Crippen molar-refractivity contribution in [3.05, 3.63) is 57.5 Å². The number of nitrogens with one attached hydrogen (secondary N) is 1. The molecule has 0 fully saturated rings. The van der Waals surface area contributed by atoms with Crippen molar-refractivity contribution in [2.24, 2.45) is 0 Å². The van der Waals surface area contributed by atoms with Crippen LogP contribution < -0.4 is 10.1 Å². The fraction of sp³-hybridized carbons (Fsp3) is 0.133. The maximum Gasteiger partial charge on any atom is 0.330 e. The lowest BCUT2D eigenvalue weighted by molar-refractivity contribution is -0.138. The predicted octanol–water partition coefficient (Wildman–Crippen LogP) is 4.35. The molecule has 110 valence electrons. The van der Waals surface area contributed by atoms with E-state index in [1.165, 1.54) is 7.11 Å². The SMILES string of the molecule is COc1ccc(Br)cc1C(Nc1ccccc1Cl)C(=O)O. The van der Waals surface area contributed by atoms with Crippen LogP contribution in [-0.4, -0.2) is 18.2 Å². The average Bonchev–Trinajstić information content (AvgIpc) is 2.46. The first kappa shape index (κ1) is 15.7. The standard InChI is InChI=1S/C15H13BrClNO3/c1-21-13-7-6-9(16)8-10(13)14(15(19)20)18-12-5-3-2-4-11(12)17/h2-8,14,18H,1H3,(H,19,20). The van der Waals surface area contributed by atoms with Crippen LogP contribution in [0.5, 0.6) is 5.75 Å². The van der Waals surface area contributed by atoms with Gasteiger partial charge in [0.25, 0.3) is 0 Å². The van der Waals surface area contributed by atoms with Crippen molar-refractivity contribution in [1.82, 2.24) is 0 Å². The van der Waals surface area contributed by atoms with Gasteiger partial charge in [0.05, 0.1) is 17.8 Å². The summed E-state index contributed by atoms with van der Waals surface area (Å²) in [5, 5.41) is 12.9. The summed E-state index contributed by atoms with van der Waals surface area (Å²) in [7, 11) is 1.50. The van der Waals surface area contributed by atoms with Gasteiger partial charge in [-0.25, -0.2) is 4.79 Å². The van der Waals surface area contributed by atoms with Crippen molar-refractivity contribution in [2.75, 3.05) is 12.4 Å². The van der Waals surface area contributed by atoms with Crippen LogP contribution in [0.25, 0.3) is 0 Å². The topological polar surface area (TPSA) is 58.6 Å². The minimum Gasteiger partial charge on any atom is -0.496 e. The second-order valence-corrected chi connectivity index (χ2v) is 5.60. The molecule has 2 aromatic rings. The van der Waals surface area contributed by atoms with Gasteiger partial charge < -0.3 is 15.2 Å². The lowest BCUT2D eigenvalue weighted by Crippen LogP contribution is -2.21. The summed E-state index contributed by atoms with van der Waals surface area (Å²) in [6, 6.07) is 11.2. The number of hydrogen-bond acceptors (Lipinski definition) is 3. The third-order valence-corrected chi connectivity index (χ3v) is 3.75. The molecule has 0 radical (unpaired) electrons. The van der Waals surface area contributed by atoms with Crippen LogP contribution in [0.1, 0.15) is 11.6 Å². The maximum absolute atomic E-state index is 11.6. The van der Waals surface area contributed by atoms with E-state index in [0.29, 0.717) is 22.0 Å². The quantitative estimate of drug-likeness (QED) is 0.821. The van der Waals surface area contributed by atoms with Crippen molar-refractivity contribution in [3.63, 3.8) is 0 Å². The van der Waals surface area contributed by atoms with E-state index in [9.17, 15) is 9.90 Å². The van der Waals surface area contributed by atoms with Gasteiger partial charge in [0.1, 0.15) is 5.75 Å². The number of carboxylic acid groups (broad SMARTS) is 1. The number of hydrogen-bond donors (Lipinski definition) is 2. The first-order valence-electron chi connectivity index (χ1n) is 6.10. The molecular weight excluding hydrogens is 358 g/mol. The summed E-state index contributed by atoms with van der Waals surface area (Å²) in [6.07, 6.45) is 0. The molecule has 0 aromatic heterocycles. The maximum atomic E-state index is 11.6. The molecule has 0 heterocycles. The van der Waals surface area contributed by atoms with Gasteiger partial charge in [-0.05, 0) is 30.3 Å². The van der Waals surface area contributed by atoms with Crippen LogP contribution in [-0.2, 0) is 4.79 Å². The van der Waals surface area contributed by atoms with E-state index in [2.05, 4.69) is 21.2 Å². The summed E-state index contributed by atoms with van der Waals surface area (Å²) in [5.41, 5.74) is 1.06. The number of carbonyl (C=O) groups is 1. The number of para-hydroxylation sites is 1. The lowest BCUT2D eigenvalue weighted by Gasteiger charge is -2.19. The van der Waals surface area contributed by atoms with Gasteiger partial charge in [-0.1, -0.05) is 39.7 Å². The normalized spacial score (nSPS) is 11.8. The molecular formula is C15H13BrClNO3. The van der Waals surface area contributed by atoms with Gasteiger partial charge in [0.15, 0.2) is 6.04 Å². The van der Waals surface area contributed by atoms with Gasteiger partial charge in [-0.2, -0.15) is 0 Å². The minimum atomic E-state index is -1.02. The number of methoxy groups -OCH3 is 1. The Hall–Kier alpha value is -1.72. The van der Waals surface area contributed by atoms with E-state index in [-0.39, 0.29) is 0 Å². The number of halogens is 2. The van der Waals surface area contributed by atoms with E-state index < -0.39 is 12.0 Å². The molecule has 0 amide bonds. The molecule has 6 heteroatoms. The summed E-state index contributed by atoms with van der Waals surface area (Å²) in [4.78, 5) is 11.6. The molecule has 0 saturated heterocycles. The second-order valence-electron chi connectivity index (χ2n) is 4.28. The molecule has 0 spiro atoms. The third kappa shape index (κ3) is 3.68. The second kappa shape index (κ2) is 6.83. The Morgan fingerprint density at radius 2 is 2.05 bits per heavy atom. The van der Waals surface area contributed by atoms with E-state index >= 15 is 0 Å². The van der Waals surface area contributed by atoms with E-state index in [0.717, 1.165) is 4.47 Å². The summed E-state index contributed by atoms with van der Waals surface area (Å²) >= 11 is 9.41. The van der Waals surface area contributed by atoms with Crippen LogP contribution in [0.3, 0.4) is 0 Å². The van der Waals surface area contributed by atoms with E-state index in [1.54, 1.807) is 42.5 Å². The predicted molar refractivity (Wildman–Crippen MR) is 86.1 cm³/mol. The molecule has 21 heavy (non-hydrogen) atoms. The highest BCUT2D eigenvalue weighted by atomic mass is 79.9. The zero-order chi connectivity index (χ0) is 15.4. The van der Waals surface area contributed by atoms with Crippen LogP contribution in [0.2, 0.25) is 5.02 Å². The molecule has 2 N–H and O–H groups in total. The number of rotatable bonds is 5. The van der Waals surface area contributed by atoms with Crippen molar-refractivity contribution in [2.45, 2.75) is 6.04 Å². The first-order valence-corrected chi connectivity index (χ1v) is 7.27. The molecule has 0 bridgehead atoms. The Bertz CT molecular complexity index is 663. The molecule has 0 aliphatic rings. The first-order chi connectivity index (χ1) is 10.0. The monoisotopic (exact) mass is 369 g/mol. The Morgan fingerprint density at radius 3 is 2.67 bits per heavy atom. The van der Waals surface area contributed by atoms with E-state index in [1.807, 2.05) is 0 Å². The van der Waals surface area contributed by atoms with Gasteiger partial charge in [0.2, 0.25) is 0 Å². The van der Waals surface area contributed by atoms with Crippen molar-refractivity contribution in [1.29, 1.82) is 0 Å². The summed E-state index contributed by atoms with van der Waals surface area (Å²) in [6.45, 7) is 0. The summed E-state index contributed by atoms with van der Waals surface area (Å²) < 4.78 is 6.01. The van der Waals surface area contributed by atoms with Crippen molar-refractivity contribution < 1.29 is 14.6 Å². The number of ether oxygens (including phenoxy) is 1. The molecule has 1 atom stereocenters. The number of carboxylic acids is 1. The number of benzene rings is 2. The van der Waals surface area contributed by atoms with Crippen LogP contribution in [0, 0.1) is 0 Å².